The van der Waals surface area contributed by atoms with Gasteiger partial charge < -0.3 is 4.74 Å². The molecule has 76 valence electrons. The number of ether oxygens (including phenoxy) is 1. The van der Waals surface area contributed by atoms with Gasteiger partial charge in [-0.2, -0.15) is 0 Å². The van der Waals surface area contributed by atoms with Gasteiger partial charge in [-0.3, -0.25) is 0 Å². The van der Waals surface area contributed by atoms with Gasteiger partial charge in [-0.25, -0.2) is 0 Å². The molecule has 0 spiro atoms. The van der Waals surface area contributed by atoms with Gasteiger partial charge in [-0.1, -0.05) is 28.1 Å². The van der Waals surface area contributed by atoms with Crippen molar-refractivity contribution in [1.82, 2.24) is 0 Å². The van der Waals surface area contributed by atoms with Crippen LogP contribution in [0.2, 0.25) is 0 Å². The van der Waals surface area contributed by atoms with Gasteiger partial charge in [0.1, 0.15) is 0 Å². The molecule has 0 aliphatic heterocycles. The van der Waals surface area contributed by atoms with Crippen LogP contribution in [0, 0.1) is 5.92 Å². The number of halogens is 1. The Morgan fingerprint density at radius 2 is 2.21 bits per heavy atom. The van der Waals surface area contributed by atoms with Crippen molar-refractivity contribution in [3.8, 4) is 0 Å². The Morgan fingerprint density at radius 1 is 1.43 bits per heavy atom. The predicted octanol–water partition coefficient (Wildman–Crippen LogP) is 3.55. The molecule has 0 N–H and O–H groups in total. The summed E-state index contributed by atoms with van der Waals surface area (Å²) in [6.45, 7) is 0.685. The summed E-state index contributed by atoms with van der Waals surface area (Å²) in [6, 6.07) is 6.61. The minimum Gasteiger partial charge on any atom is -0.380 e. The molecule has 0 heterocycles. The summed E-state index contributed by atoms with van der Waals surface area (Å²) in [5, 5.41) is 0. The Balaban J connectivity index is 2.08. The predicted molar refractivity (Wildman–Crippen MR) is 61.3 cm³/mol. The molecule has 2 rings (SSSR count). The van der Waals surface area contributed by atoms with Gasteiger partial charge >= 0.3 is 0 Å². The third-order valence-electron chi connectivity index (χ3n) is 2.64. The quantitative estimate of drug-likeness (QED) is 0.799. The zero-order valence-corrected chi connectivity index (χ0v) is 10.0. The molecule has 0 bridgehead atoms. The summed E-state index contributed by atoms with van der Waals surface area (Å²) in [5.74, 6) is 0.954. The smallest absolute Gasteiger partial charge is 0.0724 e. The van der Waals surface area contributed by atoms with Crippen molar-refractivity contribution in [1.29, 1.82) is 0 Å². The molecule has 0 aromatic heterocycles. The van der Waals surface area contributed by atoms with Gasteiger partial charge in [0, 0.05) is 11.6 Å². The number of benzene rings is 1. The highest BCUT2D eigenvalue weighted by atomic mass is 79.9. The first-order valence-corrected chi connectivity index (χ1v) is 5.85. The number of methoxy groups -OCH3 is 1. The summed E-state index contributed by atoms with van der Waals surface area (Å²) in [6.07, 6.45) is 4.07. The summed E-state index contributed by atoms with van der Waals surface area (Å²) < 4.78 is 6.29. The Labute approximate surface area is 93.6 Å². The van der Waals surface area contributed by atoms with Crippen molar-refractivity contribution in [2.75, 3.05) is 7.11 Å². The van der Waals surface area contributed by atoms with E-state index in [2.05, 4.69) is 34.1 Å². The van der Waals surface area contributed by atoms with Gasteiger partial charge in [0.25, 0.3) is 0 Å². The van der Waals surface area contributed by atoms with Crippen molar-refractivity contribution in [2.45, 2.75) is 25.9 Å². The fourth-order valence-corrected chi connectivity index (χ4v) is 2.19. The van der Waals surface area contributed by atoms with Gasteiger partial charge in [-0.15, -0.1) is 0 Å². The molecule has 1 saturated carbocycles. The fourth-order valence-electron chi connectivity index (χ4n) is 1.65. The highest BCUT2D eigenvalue weighted by Gasteiger charge is 2.21. The van der Waals surface area contributed by atoms with Gasteiger partial charge in [0.05, 0.1) is 6.61 Å². The van der Waals surface area contributed by atoms with E-state index in [0.29, 0.717) is 6.61 Å². The topological polar surface area (TPSA) is 9.23 Å². The lowest BCUT2D eigenvalue weighted by atomic mass is 10.1. The summed E-state index contributed by atoms with van der Waals surface area (Å²) >= 11 is 3.58. The molecule has 0 saturated heterocycles. The zero-order valence-electron chi connectivity index (χ0n) is 8.42. The minimum atomic E-state index is 0.685. The van der Waals surface area contributed by atoms with Gasteiger partial charge in [0.15, 0.2) is 0 Å². The molecule has 1 aromatic rings. The second-order valence-corrected chi connectivity index (χ2v) is 4.86. The van der Waals surface area contributed by atoms with Gasteiger partial charge in [0.2, 0.25) is 0 Å². The maximum absolute atomic E-state index is 5.11. The van der Waals surface area contributed by atoms with Crippen molar-refractivity contribution in [2.24, 2.45) is 5.92 Å². The van der Waals surface area contributed by atoms with E-state index in [0.717, 1.165) is 5.92 Å². The molecule has 0 atom stereocenters. The van der Waals surface area contributed by atoms with Crippen molar-refractivity contribution >= 4 is 15.9 Å². The second-order valence-electron chi connectivity index (χ2n) is 4.01. The standard InChI is InChI=1S/C12H15BrO/c1-14-8-11-5-4-10(7-12(11)13)6-9-2-3-9/h4-5,7,9H,2-3,6,8H2,1H3. The van der Waals surface area contributed by atoms with E-state index in [1.807, 2.05) is 0 Å². The average Bonchev–Trinajstić information content (AvgIpc) is 2.94. The maximum atomic E-state index is 5.11. The van der Waals surface area contributed by atoms with Crippen LogP contribution in [-0.2, 0) is 17.8 Å². The molecule has 0 unspecified atom stereocenters. The van der Waals surface area contributed by atoms with Crippen LogP contribution in [0.1, 0.15) is 24.0 Å². The Kier molecular flexibility index (Phi) is 3.24. The van der Waals surface area contributed by atoms with E-state index in [9.17, 15) is 0 Å². The second kappa shape index (κ2) is 4.45. The lowest BCUT2D eigenvalue weighted by Gasteiger charge is -2.06. The van der Waals surface area contributed by atoms with E-state index in [1.54, 1.807) is 7.11 Å². The number of rotatable bonds is 4. The molecule has 2 heteroatoms. The summed E-state index contributed by atoms with van der Waals surface area (Å²) in [4.78, 5) is 0. The van der Waals surface area contributed by atoms with Crippen LogP contribution in [0.5, 0.6) is 0 Å². The van der Waals surface area contributed by atoms with Crippen LogP contribution in [0.25, 0.3) is 0 Å². The zero-order chi connectivity index (χ0) is 9.97. The van der Waals surface area contributed by atoms with Crippen molar-refractivity contribution in [3.63, 3.8) is 0 Å². The van der Waals surface area contributed by atoms with Crippen LogP contribution >= 0.6 is 15.9 Å². The molecule has 1 aromatic carbocycles. The van der Waals surface area contributed by atoms with Crippen LogP contribution in [-0.4, -0.2) is 7.11 Å². The van der Waals surface area contributed by atoms with Crippen LogP contribution in [0.15, 0.2) is 22.7 Å². The van der Waals surface area contributed by atoms with Gasteiger partial charge in [-0.05, 0) is 42.4 Å². The van der Waals surface area contributed by atoms with Crippen LogP contribution in [0.4, 0.5) is 0 Å². The number of hydrogen-bond donors (Lipinski definition) is 0. The molecule has 14 heavy (non-hydrogen) atoms. The molecule has 1 aliphatic carbocycles. The maximum Gasteiger partial charge on any atom is 0.0724 e. The third kappa shape index (κ3) is 2.58. The Bertz CT molecular complexity index is 318. The molecule has 1 nitrogen and oxygen atoms in total. The normalized spacial score (nSPS) is 15.9. The molecular weight excluding hydrogens is 240 g/mol. The van der Waals surface area contributed by atoms with E-state index in [4.69, 9.17) is 4.74 Å². The minimum absolute atomic E-state index is 0.685. The average molecular weight is 255 g/mol. The van der Waals surface area contributed by atoms with E-state index < -0.39 is 0 Å². The Hall–Kier alpha value is -0.340. The van der Waals surface area contributed by atoms with E-state index >= 15 is 0 Å². The summed E-state index contributed by atoms with van der Waals surface area (Å²) in [5.41, 5.74) is 2.67. The molecule has 0 amide bonds. The summed E-state index contributed by atoms with van der Waals surface area (Å²) in [7, 11) is 1.73. The fraction of sp³-hybridized carbons (Fsp3) is 0.500. The first-order valence-electron chi connectivity index (χ1n) is 5.06. The molecule has 1 fully saturated rings. The first kappa shape index (κ1) is 10.2. The molecule has 0 radical (unpaired) electrons. The van der Waals surface area contributed by atoms with Crippen molar-refractivity contribution < 1.29 is 4.74 Å². The Morgan fingerprint density at radius 3 is 2.79 bits per heavy atom. The molecule has 1 aliphatic rings. The lowest BCUT2D eigenvalue weighted by Crippen LogP contribution is -1.92. The first-order chi connectivity index (χ1) is 6.79. The lowest BCUT2D eigenvalue weighted by molar-refractivity contribution is 0.184. The largest absolute Gasteiger partial charge is 0.380 e. The monoisotopic (exact) mass is 254 g/mol. The van der Waals surface area contributed by atoms with E-state index in [1.165, 1.54) is 34.9 Å². The van der Waals surface area contributed by atoms with Crippen LogP contribution < -0.4 is 0 Å². The SMILES string of the molecule is COCc1ccc(CC2CC2)cc1Br. The third-order valence-corrected chi connectivity index (χ3v) is 3.38. The molecular formula is C12H15BrO. The van der Waals surface area contributed by atoms with Crippen molar-refractivity contribution in [3.05, 3.63) is 33.8 Å². The van der Waals surface area contributed by atoms with E-state index in [-0.39, 0.29) is 0 Å². The number of hydrogen-bond acceptors (Lipinski definition) is 1. The highest BCUT2D eigenvalue weighted by molar-refractivity contribution is 9.10. The highest BCUT2D eigenvalue weighted by Crippen LogP contribution is 2.33. The van der Waals surface area contributed by atoms with Crippen LogP contribution in [0.3, 0.4) is 0 Å².